The fourth-order valence-electron chi connectivity index (χ4n) is 5.85. The summed E-state index contributed by atoms with van der Waals surface area (Å²) in [4.78, 5) is 40.0. The van der Waals surface area contributed by atoms with Crippen molar-refractivity contribution >= 4 is 39.4 Å². The second-order valence-electron chi connectivity index (χ2n) is 9.47. The highest BCUT2D eigenvalue weighted by Gasteiger charge is 2.47. The molecule has 1 saturated carbocycles. The number of likely N-dealkylation sites (tertiary alicyclic amines) is 1. The minimum absolute atomic E-state index is 0.0254. The van der Waals surface area contributed by atoms with Gasteiger partial charge < -0.3 is 10.2 Å². The average Bonchev–Trinajstić information content (AvgIpc) is 3.65. The fourth-order valence-corrected chi connectivity index (χ4v) is 7.53. The topological polar surface area (TPSA) is 79.6 Å². The monoisotopic (exact) mass is 505 g/mol. The predicted molar refractivity (Wildman–Crippen MR) is 138 cm³/mol. The Bertz CT molecular complexity index is 1410. The van der Waals surface area contributed by atoms with Gasteiger partial charge in [-0.25, -0.2) is 9.97 Å². The first-order chi connectivity index (χ1) is 17.0. The number of nitrogens with one attached hydrogen (secondary N) is 1. The summed E-state index contributed by atoms with van der Waals surface area (Å²) in [7, 11) is 0. The van der Waals surface area contributed by atoms with Gasteiger partial charge in [0.2, 0.25) is 0 Å². The highest BCUT2D eigenvalue weighted by atomic mass is 32.1. The van der Waals surface area contributed by atoms with Crippen molar-refractivity contribution in [1.82, 2.24) is 24.6 Å². The molecule has 7 nitrogen and oxygen atoms in total. The van der Waals surface area contributed by atoms with Crippen LogP contribution in [0.15, 0.2) is 41.9 Å². The molecule has 2 aliphatic rings. The van der Waals surface area contributed by atoms with Crippen LogP contribution in [-0.2, 0) is 0 Å². The molecule has 1 aliphatic carbocycles. The van der Waals surface area contributed by atoms with Crippen molar-refractivity contribution in [3.8, 4) is 10.4 Å². The molecule has 6 rings (SSSR count). The van der Waals surface area contributed by atoms with E-state index in [2.05, 4.69) is 15.3 Å². The van der Waals surface area contributed by atoms with Crippen LogP contribution in [0.2, 0.25) is 0 Å². The second-order valence-corrected chi connectivity index (χ2v) is 11.5. The van der Waals surface area contributed by atoms with Gasteiger partial charge in [0.1, 0.15) is 11.4 Å². The molecule has 35 heavy (non-hydrogen) atoms. The number of amides is 2. The maximum atomic E-state index is 13.9. The lowest BCUT2D eigenvalue weighted by Crippen LogP contribution is -2.46. The van der Waals surface area contributed by atoms with Crippen molar-refractivity contribution in [2.75, 3.05) is 13.1 Å². The molecule has 4 heterocycles. The molecule has 0 bridgehead atoms. The summed E-state index contributed by atoms with van der Waals surface area (Å²) in [5.74, 6) is 0.729. The Morgan fingerprint density at radius 3 is 2.80 bits per heavy atom. The number of thiazole rings is 2. The molecule has 1 aliphatic heterocycles. The van der Waals surface area contributed by atoms with Crippen molar-refractivity contribution in [3.63, 3.8) is 0 Å². The molecule has 1 aromatic carbocycles. The van der Waals surface area contributed by atoms with E-state index >= 15 is 0 Å². The predicted octanol–water partition coefficient (Wildman–Crippen LogP) is 4.81. The quantitative estimate of drug-likeness (QED) is 0.422. The number of hydrogen-bond donors (Lipinski definition) is 1. The summed E-state index contributed by atoms with van der Waals surface area (Å²) in [5.41, 5.74) is 2.84. The standard InChI is InChI=1S/C26H27N5O2S2/c1-15-22(30-11-12-34-26(30)28-15)24(32)27-13-20-19-10-6-9-18(19)14-31(20)25(33)21-23(35-16(2)29-21)17-7-4-3-5-8-17/h3-5,7-8,11-12,18-20H,6,9-10,13-14H2,1-2H3,(H,27,32)/t18-,19-,20+/m0/s1. The smallest absolute Gasteiger partial charge is 0.274 e. The third-order valence-electron chi connectivity index (χ3n) is 7.40. The van der Waals surface area contributed by atoms with Gasteiger partial charge in [0.25, 0.3) is 11.8 Å². The van der Waals surface area contributed by atoms with Gasteiger partial charge in [0.05, 0.1) is 21.6 Å². The summed E-state index contributed by atoms with van der Waals surface area (Å²) in [6, 6.07) is 9.97. The van der Waals surface area contributed by atoms with Crippen LogP contribution in [0.25, 0.3) is 15.4 Å². The number of nitrogens with zero attached hydrogens (tertiary/aromatic N) is 4. The molecule has 2 amide bonds. The summed E-state index contributed by atoms with van der Waals surface area (Å²) in [5, 5.41) is 5.96. The molecule has 1 N–H and O–H groups in total. The van der Waals surface area contributed by atoms with Crippen LogP contribution in [-0.4, -0.2) is 50.2 Å². The average molecular weight is 506 g/mol. The van der Waals surface area contributed by atoms with Crippen LogP contribution in [0.1, 0.15) is 50.9 Å². The van der Waals surface area contributed by atoms with E-state index in [1.54, 1.807) is 11.3 Å². The van der Waals surface area contributed by atoms with Crippen LogP contribution in [0.5, 0.6) is 0 Å². The Morgan fingerprint density at radius 2 is 1.97 bits per heavy atom. The van der Waals surface area contributed by atoms with Gasteiger partial charge in [-0.3, -0.25) is 14.0 Å². The van der Waals surface area contributed by atoms with Crippen LogP contribution in [0, 0.1) is 25.7 Å². The molecule has 2 fully saturated rings. The summed E-state index contributed by atoms with van der Waals surface area (Å²) >= 11 is 3.07. The van der Waals surface area contributed by atoms with Gasteiger partial charge in [-0.15, -0.1) is 22.7 Å². The Labute approximate surface area is 211 Å². The van der Waals surface area contributed by atoms with Gasteiger partial charge in [0.15, 0.2) is 4.96 Å². The van der Waals surface area contributed by atoms with Crippen LogP contribution < -0.4 is 5.32 Å². The van der Waals surface area contributed by atoms with E-state index in [1.807, 2.05) is 65.1 Å². The first kappa shape index (κ1) is 22.4. The molecular weight excluding hydrogens is 478 g/mol. The van der Waals surface area contributed by atoms with E-state index in [4.69, 9.17) is 0 Å². The highest BCUT2D eigenvalue weighted by molar-refractivity contribution is 7.15. The summed E-state index contributed by atoms with van der Waals surface area (Å²) in [6.07, 6.45) is 5.29. The number of carbonyl (C=O) groups excluding carboxylic acids is 2. The highest BCUT2D eigenvalue weighted by Crippen LogP contribution is 2.43. The number of rotatable bonds is 5. The number of benzene rings is 1. The SMILES string of the molecule is Cc1nc(C(=O)N2C[C@@H]3CCC[C@@H]3[C@H]2CNC(=O)c2c(C)nc3sccn23)c(-c2ccccc2)s1. The van der Waals surface area contributed by atoms with E-state index in [0.29, 0.717) is 29.8 Å². The lowest BCUT2D eigenvalue weighted by atomic mass is 9.94. The van der Waals surface area contributed by atoms with E-state index in [-0.39, 0.29) is 17.9 Å². The maximum Gasteiger partial charge on any atom is 0.274 e. The molecule has 9 heteroatoms. The van der Waals surface area contributed by atoms with Crippen molar-refractivity contribution in [2.45, 2.75) is 39.2 Å². The van der Waals surface area contributed by atoms with Crippen molar-refractivity contribution in [2.24, 2.45) is 11.8 Å². The van der Waals surface area contributed by atoms with E-state index in [9.17, 15) is 9.59 Å². The zero-order valence-electron chi connectivity index (χ0n) is 19.7. The minimum Gasteiger partial charge on any atom is -0.349 e. The Hall–Kier alpha value is -3.04. The summed E-state index contributed by atoms with van der Waals surface area (Å²) < 4.78 is 1.84. The third-order valence-corrected chi connectivity index (χ3v) is 9.18. The molecular formula is C26H27N5O2S2. The van der Waals surface area contributed by atoms with Crippen LogP contribution in [0.3, 0.4) is 0 Å². The first-order valence-electron chi connectivity index (χ1n) is 12.1. The second kappa shape index (κ2) is 8.87. The molecule has 0 radical (unpaired) electrons. The molecule has 0 spiro atoms. The fraction of sp³-hybridized carbons (Fsp3) is 0.385. The Balaban J connectivity index is 1.27. The van der Waals surface area contributed by atoms with Crippen molar-refractivity contribution in [1.29, 1.82) is 0 Å². The van der Waals surface area contributed by atoms with Gasteiger partial charge in [-0.2, -0.15) is 0 Å². The van der Waals surface area contributed by atoms with E-state index in [1.165, 1.54) is 17.8 Å². The zero-order valence-corrected chi connectivity index (χ0v) is 21.4. The van der Waals surface area contributed by atoms with Crippen molar-refractivity contribution < 1.29 is 9.59 Å². The van der Waals surface area contributed by atoms with Crippen LogP contribution >= 0.6 is 22.7 Å². The number of fused-ring (bicyclic) bond motifs is 2. The number of aryl methyl sites for hydroxylation is 2. The van der Waals surface area contributed by atoms with Gasteiger partial charge in [0, 0.05) is 24.7 Å². The van der Waals surface area contributed by atoms with Gasteiger partial charge >= 0.3 is 0 Å². The van der Waals surface area contributed by atoms with E-state index < -0.39 is 0 Å². The first-order valence-corrected chi connectivity index (χ1v) is 13.7. The molecule has 3 atom stereocenters. The largest absolute Gasteiger partial charge is 0.349 e. The molecule has 4 aromatic rings. The zero-order chi connectivity index (χ0) is 24.1. The molecule has 0 unspecified atom stereocenters. The maximum absolute atomic E-state index is 13.9. The molecule has 180 valence electrons. The van der Waals surface area contributed by atoms with Gasteiger partial charge in [-0.1, -0.05) is 36.8 Å². The normalized spacial score (nSPS) is 21.5. The molecule has 3 aromatic heterocycles. The number of aromatic nitrogens is 3. The summed E-state index contributed by atoms with van der Waals surface area (Å²) in [6.45, 7) is 4.98. The third kappa shape index (κ3) is 3.87. The Morgan fingerprint density at radius 1 is 1.14 bits per heavy atom. The van der Waals surface area contributed by atoms with Gasteiger partial charge in [-0.05, 0) is 44.1 Å². The number of carbonyl (C=O) groups is 2. The van der Waals surface area contributed by atoms with Crippen LogP contribution in [0.4, 0.5) is 0 Å². The minimum atomic E-state index is -0.142. The molecule has 1 saturated heterocycles. The number of imidazole rings is 1. The number of hydrogen-bond acceptors (Lipinski definition) is 6. The lowest BCUT2D eigenvalue weighted by molar-refractivity contribution is 0.0696. The Kier molecular flexibility index (Phi) is 5.69. The van der Waals surface area contributed by atoms with E-state index in [0.717, 1.165) is 45.5 Å². The van der Waals surface area contributed by atoms with Crippen molar-refractivity contribution in [3.05, 3.63) is 64.0 Å². The lowest BCUT2D eigenvalue weighted by Gasteiger charge is -2.28.